The van der Waals surface area contributed by atoms with E-state index in [4.69, 9.17) is 20.8 Å². The van der Waals surface area contributed by atoms with Crippen LogP contribution in [-0.4, -0.2) is 32.6 Å². The highest BCUT2D eigenvalue weighted by Crippen LogP contribution is 2.39. The largest absolute Gasteiger partial charge is 0.459 e. The topological polar surface area (TPSA) is 98.7 Å². The molecule has 6 rings (SSSR count). The maximum atomic E-state index is 13.7. The molecule has 1 aliphatic carbocycles. The van der Waals surface area contributed by atoms with Gasteiger partial charge in [0.25, 0.3) is 5.91 Å². The molecule has 2 aromatic carbocycles. The van der Waals surface area contributed by atoms with E-state index in [0.29, 0.717) is 38.5 Å². The number of hydrogen-bond donors (Lipinski definition) is 1. The van der Waals surface area contributed by atoms with Crippen molar-refractivity contribution in [1.29, 1.82) is 0 Å². The summed E-state index contributed by atoms with van der Waals surface area (Å²) in [5, 5.41) is 7.87. The Labute approximate surface area is 215 Å². The van der Waals surface area contributed by atoms with E-state index >= 15 is 0 Å². The number of carbonyl (C=O) groups is 2. The summed E-state index contributed by atoms with van der Waals surface area (Å²) < 4.78 is 27.0. The molecular formula is C27H20ClFN4O4. The number of amides is 1. The van der Waals surface area contributed by atoms with Gasteiger partial charge in [-0.1, -0.05) is 23.7 Å². The molecular weight excluding hydrogens is 499 g/mol. The standard InChI is InChI=1S/C27H20ClFN4O4/c28-16-11-19-23(15-5-7-17(29)8-6-15)22(37-24(19)20(12-16)27(35)36-18-3-1-4-18)14-31-26(34)21-13-32-33-10-2-9-30-25(21)33/h2,5-13,18H,1,3-4,14H2,(H,31,34). The summed E-state index contributed by atoms with van der Waals surface area (Å²) in [6.07, 6.45) is 7.25. The van der Waals surface area contributed by atoms with Crippen LogP contribution in [0.3, 0.4) is 0 Å². The second kappa shape index (κ2) is 9.33. The minimum Gasteiger partial charge on any atom is -0.459 e. The molecule has 3 aromatic heterocycles. The number of carbonyl (C=O) groups excluding carboxylic acids is 2. The Morgan fingerprint density at radius 1 is 1.19 bits per heavy atom. The third-order valence-electron chi connectivity index (χ3n) is 6.44. The SMILES string of the molecule is O=C(OC1CCC1)c1cc(Cl)cc2c(-c3ccc(F)cc3)c(CNC(=O)c3cnn4cccnc34)oc12. The normalized spacial score (nSPS) is 13.6. The van der Waals surface area contributed by atoms with Crippen molar-refractivity contribution in [2.24, 2.45) is 0 Å². The summed E-state index contributed by atoms with van der Waals surface area (Å²) in [6, 6.07) is 10.8. The molecule has 1 amide bonds. The Kier molecular flexibility index (Phi) is 5.84. The van der Waals surface area contributed by atoms with Crippen LogP contribution < -0.4 is 5.32 Å². The number of fused-ring (bicyclic) bond motifs is 2. The van der Waals surface area contributed by atoms with Gasteiger partial charge in [0, 0.05) is 28.4 Å². The predicted molar refractivity (Wildman–Crippen MR) is 134 cm³/mol. The van der Waals surface area contributed by atoms with Gasteiger partial charge >= 0.3 is 5.97 Å². The lowest BCUT2D eigenvalue weighted by Crippen LogP contribution is -2.25. The minimum atomic E-state index is -0.523. The van der Waals surface area contributed by atoms with Crippen LogP contribution in [0.2, 0.25) is 5.02 Å². The van der Waals surface area contributed by atoms with E-state index < -0.39 is 17.7 Å². The highest BCUT2D eigenvalue weighted by atomic mass is 35.5. The molecule has 186 valence electrons. The molecule has 1 aliphatic rings. The third-order valence-corrected chi connectivity index (χ3v) is 6.66. The van der Waals surface area contributed by atoms with Crippen molar-refractivity contribution in [1.82, 2.24) is 19.9 Å². The molecule has 0 atom stereocenters. The zero-order valence-electron chi connectivity index (χ0n) is 19.4. The van der Waals surface area contributed by atoms with Gasteiger partial charge in [0.15, 0.2) is 5.65 Å². The monoisotopic (exact) mass is 518 g/mol. The second-order valence-corrected chi connectivity index (χ2v) is 9.26. The Balaban J connectivity index is 1.40. The van der Waals surface area contributed by atoms with Gasteiger partial charge in [-0.15, -0.1) is 0 Å². The van der Waals surface area contributed by atoms with E-state index in [1.807, 2.05) is 0 Å². The van der Waals surface area contributed by atoms with Crippen molar-refractivity contribution >= 4 is 40.1 Å². The number of aromatic nitrogens is 3. The van der Waals surface area contributed by atoms with Crippen molar-refractivity contribution in [2.75, 3.05) is 0 Å². The van der Waals surface area contributed by atoms with Gasteiger partial charge in [0.2, 0.25) is 0 Å². The van der Waals surface area contributed by atoms with E-state index in [1.54, 1.807) is 36.7 Å². The molecule has 0 unspecified atom stereocenters. The van der Waals surface area contributed by atoms with Gasteiger partial charge in [-0.05, 0) is 55.2 Å². The maximum absolute atomic E-state index is 13.7. The summed E-state index contributed by atoms with van der Waals surface area (Å²) in [7, 11) is 0. The molecule has 0 aliphatic heterocycles. The van der Waals surface area contributed by atoms with Crippen LogP contribution in [0.1, 0.15) is 45.7 Å². The van der Waals surface area contributed by atoms with Gasteiger partial charge in [-0.25, -0.2) is 18.7 Å². The molecule has 8 nitrogen and oxygen atoms in total. The van der Waals surface area contributed by atoms with Crippen molar-refractivity contribution < 1.29 is 23.1 Å². The molecule has 0 radical (unpaired) electrons. The summed E-state index contributed by atoms with van der Waals surface area (Å²) in [6.45, 7) is -0.0148. The number of nitrogens with zero attached hydrogens (tertiary/aromatic N) is 3. The number of halogens is 2. The van der Waals surface area contributed by atoms with E-state index in [0.717, 1.165) is 19.3 Å². The smallest absolute Gasteiger partial charge is 0.342 e. The zero-order valence-corrected chi connectivity index (χ0v) is 20.2. The first kappa shape index (κ1) is 23.2. The van der Waals surface area contributed by atoms with Crippen LogP contribution in [0.5, 0.6) is 0 Å². The molecule has 10 heteroatoms. The number of benzene rings is 2. The molecule has 0 spiro atoms. The molecule has 5 aromatic rings. The molecule has 1 N–H and O–H groups in total. The summed E-state index contributed by atoms with van der Waals surface area (Å²) >= 11 is 6.40. The van der Waals surface area contributed by atoms with E-state index in [9.17, 15) is 14.0 Å². The fraction of sp³-hybridized carbons (Fsp3) is 0.185. The maximum Gasteiger partial charge on any atom is 0.342 e. The summed E-state index contributed by atoms with van der Waals surface area (Å²) in [5.41, 5.74) is 2.43. The fourth-order valence-electron chi connectivity index (χ4n) is 4.37. The van der Waals surface area contributed by atoms with E-state index in [2.05, 4.69) is 15.4 Å². The molecule has 0 bridgehead atoms. The summed E-state index contributed by atoms with van der Waals surface area (Å²) in [5.74, 6) is -0.944. The second-order valence-electron chi connectivity index (χ2n) is 8.82. The Bertz CT molecular complexity index is 1660. The number of furan rings is 1. The van der Waals surface area contributed by atoms with Crippen molar-refractivity contribution in [2.45, 2.75) is 31.9 Å². The van der Waals surface area contributed by atoms with Gasteiger partial charge in [-0.3, -0.25) is 4.79 Å². The average Bonchev–Trinajstić information content (AvgIpc) is 3.46. The number of rotatable bonds is 6. The Morgan fingerprint density at radius 2 is 2.00 bits per heavy atom. The lowest BCUT2D eigenvalue weighted by atomic mass is 9.96. The Hall–Kier alpha value is -4.24. The third kappa shape index (κ3) is 4.31. The first-order valence-electron chi connectivity index (χ1n) is 11.8. The van der Waals surface area contributed by atoms with Crippen molar-refractivity contribution in [3.8, 4) is 11.1 Å². The van der Waals surface area contributed by atoms with Crippen LogP contribution >= 0.6 is 11.6 Å². The number of hydrogen-bond acceptors (Lipinski definition) is 6. The summed E-state index contributed by atoms with van der Waals surface area (Å²) in [4.78, 5) is 30.2. The van der Waals surface area contributed by atoms with Gasteiger partial charge < -0.3 is 14.5 Å². The van der Waals surface area contributed by atoms with Crippen LogP contribution in [0.4, 0.5) is 4.39 Å². The number of esters is 1. The van der Waals surface area contributed by atoms with Crippen LogP contribution in [0, 0.1) is 5.82 Å². The van der Waals surface area contributed by atoms with Gasteiger partial charge in [0.1, 0.15) is 34.4 Å². The van der Waals surface area contributed by atoms with Gasteiger partial charge in [0.05, 0.1) is 12.7 Å². The highest BCUT2D eigenvalue weighted by Gasteiger charge is 2.27. The number of nitrogens with one attached hydrogen (secondary N) is 1. The predicted octanol–water partition coefficient (Wildman–Crippen LogP) is 5.57. The first-order chi connectivity index (χ1) is 18.0. The molecule has 1 fully saturated rings. The highest BCUT2D eigenvalue weighted by molar-refractivity contribution is 6.32. The average molecular weight is 519 g/mol. The first-order valence-corrected chi connectivity index (χ1v) is 12.1. The lowest BCUT2D eigenvalue weighted by molar-refractivity contribution is 0.00910. The molecule has 37 heavy (non-hydrogen) atoms. The Morgan fingerprint density at radius 3 is 2.76 bits per heavy atom. The van der Waals surface area contributed by atoms with Gasteiger partial charge in [-0.2, -0.15) is 5.10 Å². The fourth-order valence-corrected chi connectivity index (χ4v) is 4.59. The zero-order chi connectivity index (χ0) is 25.5. The van der Waals surface area contributed by atoms with E-state index in [1.165, 1.54) is 28.9 Å². The van der Waals surface area contributed by atoms with Crippen LogP contribution in [0.25, 0.3) is 27.7 Å². The molecule has 0 saturated heterocycles. The minimum absolute atomic E-state index is 0.0148. The number of ether oxygens (including phenoxy) is 1. The van der Waals surface area contributed by atoms with Crippen LogP contribution in [-0.2, 0) is 11.3 Å². The quantitative estimate of drug-likeness (QED) is 0.295. The molecule has 3 heterocycles. The van der Waals surface area contributed by atoms with Crippen LogP contribution in [0.15, 0.2) is 65.5 Å². The van der Waals surface area contributed by atoms with E-state index in [-0.39, 0.29) is 23.8 Å². The molecule has 1 saturated carbocycles. The lowest BCUT2D eigenvalue weighted by Gasteiger charge is -2.25. The van der Waals surface area contributed by atoms with Crippen molar-refractivity contribution in [3.05, 3.63) is 88.8 Å². The van der Waals surface area contributed by atoms with Crippen molar-refractivity contribution in [3.63, 3.8) is 0 Å².